The van der Waals surface area contributed by atoms with Gasteiger partial charge in [0.2, 0.25) is 5.91 Å². The monoisotopic (exact) mass is 352 g/mol. The molecule has 1 aromatic carbocycles. The van der Waals surface area contributed by atoms with E-state index in [4.69, 9.17) is 5.11 Å². The van der Waals surface area contributed by atoms with Gasteiger partial charge in [0.15, 0.2) is 0 Å². The number of aliphatic carboxylic acids is 1. The van der Waals surface area contributed by atoms with Crippen molar-refractivity contribution in [2.75, 3.05) is 11.9 Å². The van der Waals surface area contributed by atoms with E-state index in [2.05, 4.69) is 17.6 Å². The number of carbonyl (C=O) groups excluding carboxylic acids is 1. The first-order chi connectivity index (χ1) is 11.8. The van der Waals surface area contributed by atoms with Gasteiger partial charge in [-0.25, -0.2) is 4.79 Å². The number of hydrogen-bond donors (Lipinski definition) is 5. The first-order valence-electron chi connectivity index (χ1n) is 8.17. The van der Waals surface area contributed by atoms with Gasteiger partial charge in [-0.2, -0.15) is 0 Å². The highest BCUT2D eigenvalue weighted by molar-refractivity contribution is 5.97. The number of nitrogens with one attached hydrogen (secondary N) is 2. The smallest absolute Gasteiger partial charge is 0.339 e. The van der Waals surface area contributed by atoms with Crippen LogP contribution in [0.25, 0.3) is 0 Å². The van der Waals surface area contributed by atoms with Gasteiger partial charge in [-0.3, -0.25) is 9.59 Å². The average molecular weight is 352 g/mol. The predicted molar refractivity (Wildman–Crippen MR) is 91.9 cm³/mol. The van der Waals surface area contributed by atoms with Gasteiger partial charge in [0.05, 0.1) is 6.42 Å². The number of phenols is 1. The van der Waals surface area contributed by atoms with Gasteiger partial charge in [-0.1, -0.05) is 26.2 Å². The van der Waals surface area contributed by atoms with Crippen molar-refractivity contribution in [2.24, 2.45) is 0 Å². The fraction of sp³-hybridized carbons (Fsp3) is 0.471. The highest BCUT2D eigenvalue weighted by Crippen LogP contribution is 2.21. The van der Waals surface area contributed by atoms with E-state index in [0.717, 1.165) is 37.8 Å². The largest absolute Gasteiger partial charge is 0.507 e. The second-order valence-corrected chi connectivity index (χ2v) is 5.69. The summed E-state index contributed by atoms with van der Waals surface area (Å²) in [6, 6.07) is 2.59. The van der Waals surface area contributed by atoms with Gasteiger partial charge in [0, 0.05) is 5.69 Å². The van der Waals surface area contributed by atoms with Crippen molar-refractivity contribution < 1.29 is 29.7 Å². The maximum Gasteiger partial charge on any atom is 0.339 e. The van der Waals surface area contributed by atoms with Crippen LogP contribution in [0.1, 0.15) is 49.4 Å². The van der Waals surface area contributed by atoms with Crippen LogP contribution in [-0.4, -0.2) is 45.8 Å². The molecule has 0 aliphatic heterocycles. The average Bonchev–Trinajstić information content (AvgIpc) is 2.54. The zero-order valence-electron chi connectivity index (χ0n) is 14.1. The van der Waals surface area contributed by atoms with E-state index in [-0.39, 0.29) is 17.7 Å². The van der Waals surface area contributed by atoms with Crippen molar-refractivity contribution in [1.82, 2.24) is 5.32 Å². The normalized spacial score (nSPS) is 11.7. The number of carboxylic acid groups (broad SMARTS) is 2. The molecule has 0 aliphatic carbocycles. The number of anilines is 1. The van der Waals surface area contributed by atoms with Gasteiger partial charge in [0.1, 0.15) is 17.4 Å². The third-order valence-corrected chi connectivity index (χ3v) is 3.62. The number of aromatic carboxylic acids is 1. The van der Waals surface area contributed by atoms with Gasteiger partial charge in [-0.15, -0.1) is 0 Å². The summed E-state index contributed by atoms with van der Waals surface area (Å²) in [4.78, 5) is 34.2. The van der Waals surface area contributed by atoms with Crippen LogP contribution in [0.2, 0.25) is 0 Å². The first kappa shape index (κ1) is 20.4. The van der Waals surface area contributed by atoms with Crippen LogP contribution < -0.4 is 10.6 Å². The summed E-state index contributed by atoms with van der Waals surface area (Å²) in [6.07, 6.45) is 3.70. The molecule has 0 saturated carbocycles. The molecule has 0 spiro atoms. The quantitative estimate of drug-likeness (QED) is 0.304. The summed E-state index contributed by atoms with van der Waals surface area (Å²) >= 11 is 0. The van der Waals surface area contributed by atoms with Crippen molar-refractivity contribution in [3.8, 4) is 5.75 Å². The van der Waals surface area contributed by atoms with E-state index in [1.165, 1.54) is 6.07 Å². The Morgan fingerprint density at radius 1 is 1.12 bits per heavy atom. The van der Waals surface area contributed by atoms with Gasteiger partial charge >= 0.3 is 11.9 Å². The molecule has 1 amide bonds. The van der Waals surface area contributed by atoms with Crippen LogP contribution in [0.3, 0.4) is 0 Å². The second kappa shape index (κ2) is 10.3. The van der Waals surface area contributed by atoms with Crippen LogP contribution in [0.4, 0.5) is 5.69 Å². The number of hydrogen-bond acceptors (Lipinski definition) is 5. The van der Waals surface area contributed by atoms with Crippen molar-refractivity contribution in [1.29, 1.82) is 0 Å². The van der Waals surface area contributed by atoms with Crippen LogP contribution in [0.15, 0.2) is 18.2 Å². The lowest BCUT2D eigenvalue weighted by Gasteiger charge is -2.14. The maximum atomic E-state index is 12.0. The molecule has 0 radical (unpaired) electrons. The van der Waals surface area contributed by atoms with Gasteiger partial charge in [-0.05, 0) is 31.2 Å². The predicted octanol–water partition coefficient (Wildman–Crippen LogP) is 2.04. The zero-order chi connectivity index (χ0) is 18.8. The minimum Gasteiger partial charge on any atom is -0.507 e. The van der Waals surface area contributed by atoms with E-state index < -0.39 is 29.6 Å². The number of aromatic hydroxyl groups is 1. The molecule has 8 heteroatoms. The molecule has 1 aromatic rings. The lowest BCUT2D eigenvalue weighted by atomic mass is 10.1. The number of carbonyl (C=O) groups is 3. The van der Waals surface area contributed by atoms with E-state index >= 15 is 0 Å². The molecule has 0 aliphatic rings. The highest BCUT2D eigenvalue weighted by atomic mass is 16.4. The van der Waals surface area contributed by atoms with Crippen molar-refractivity contribution in [3.63, 3.8) is 0 Å². The maximum absolute atomic E-state index is 12.0. The summed E-state index contributed by atoms with van der Waals surface area (Å²) in [5.74, 6) is -3.42. The lowest BCUT2D eigenvalue weighted by molar-refractivity contribution is -0.141. The number of unbranched alkanes of at least 4 members (excludes halogenated alkanes) is 3. The Kier molecular flexibility index (Phi) is 8.42. The summed E-state index contributed by atoms with van der Waals surface area (Å²) in [7, 11) is 0. The topological polar surface area (TPSA) is 136 Å². The summed E-state index contributed by atoms with van der Waals surface area (Å²) < 4.78 is 0. The molecular weight excluding hydrogens is 328 g/mol. The van der Waals surface area contributed by atoms with Crippen LogP contribution >= 0.6 is 0 Å². The molecule has 1 rings (SSSR count). The number of rotatable bonds is 11. The molecule has 138 valence electrons. The van der Waals surface area contributed by atoms with E-state index in [1.54, 1.807) is 0 Å². The highest BCUT2D eigenvalue weighted by Gasteiger charge is 2.21. The minimum atomic E-state index is -1.33. The molecule has 0 aromatic heterocycles. The fourth-order valence-electron chi connectivity index (χ4n) is 2.26. The SMILES string of the molecule is CCCCCCN[C@H](CC(=O)Nc1ccc(O)c(C(=O)O)c1)C(=O)O. The van der Waals surface area contributed by atoms with Crippen LogP contribution in [-0.2, 0) is 9.59 Å². The van der Waals surface area contributed by atoms with E-state index in [1.807, 2.05) is 0 Å². The Hall–Kier alpha value is -2.61. The molecule has 0 unspecified atom stereocenters. The number of benzene rings is 1. The Bertz CT molecular complexity index is 617. The van der Waals surface area contributed by atoms with Crippen molar-refractivity contribution >= 4 is 23.5 Å². The molecule has 0 heterocycles. The standard InChI is InChI=1S/C17H24N2O6/c1-2-3-4-5-8-18-13(17(24)25)10-15(21)19-11-6-7-14(20)12(9-11)16(22)23/h6-7,9,13,18,20H,2-5,8,10H2,1H3,(H,19,21)(H,22,23)(H,24,25)/t13-/m1/s1. The summed E-state index contributed by atoms with van der Waals surface area (Å²) in [5, 5.41) is 32.8. The molecule has 0 bridgehead atoms. The Labute approximate surface area is 145 Å². The molecule has 0 saturated heterocycles. The van der Waals surface area contributed by atoms with E-state index in [9.17, 15) is 24.6 Å². The molecule has 1 atom stereocenters. The molecule has 5 N–H and O–H groups in total. The summed E-state index contributed by atoms with van der Waals surface area (Å²) in [6.45, 7) is 2.59. The molecule has 25 heavy (non-hydrogen) atoms. The van der Waals surface area contributed by atoms with Crippen LogP contribution in [0.5, 0.6) is 5.75 Å². The van der Waals surface area contributed by atoms with Crippen molar-refractivity contribution in [2.45, 2.75) is 45.1 Å². The summed E-state index contributed by atoms with van der Waals surface area (Å²) in [5.41, 5.74) is -0.172. The number of amides is 1. The molecular formula is C17H24N2O6. The van der Waals surface area contributed by atoms with Gasteiger partial charge < -0.3 is 26.0 Å². The lowest BCUT2D eigenvalue weighted by Crippen LogP contribution is -2.40. The van der Waals surface area contributed by atoms with Gasteiger partial charge in [0.25, 0.3) is 0 Å². The van der Waals surface area contributed by atoms with E-state index in [0.29, 0.717) is 6.54 Å². The second-order valence-electron chi connectivity index (χ2n) is 5.69. The first-order valence-corrected chi connectivity index (χ1v) is 8.17. The number of carboxylic acids is 2. The molecule has 8 nitrogen and oxygen atoms in total. The third kappa shape index (κ3) is 7.21. The Morgan fingerprint density at radius 3 is 2.44 bits per heavy atom. The minimum absolute atomic E-state index is 0.173. The zero-order valence-corrected chi connectivity index (χ0v) is 14.1. The Balaban J connectivity index is 2.58. The fourth-order valence-corrected chi connectivity index (χ4v) is 2.26. The van der Waals surface area contributed by atoms with Crippen LogP contribution in [0, 0.1) is 0 Å². The third-order valence-electron chi connectivity index (χ3n) is 3.62. The molecule has 0 fully saturated rings. The van der Waals surface area contributed by atoms with Crippen molar-refractivity contribution in [3.05, 3.63) is 23.8 Å². The Morgan fingerprint density at radius 2 is 1.84 bits per heavy atom.